The number of nitrogens with zero attached hydrogens (tertiary/aromatic N) is 2. The van der Waals surface area contributed by atoms with E-state index < -0.39 is 6.17 Å². The second-order valence-electron chi connectivity index (χ2n) is 6.00. The van der Waals surface area contributed by atoms with Gasteiger partial charge in [0, 0.05) is 30.7 Å². The van der Waals surface area contributed by atoms with Crippen molar-refractivity contribution in [3.8, 4) is 0 Å². The number of alkyl halides is 1. The first-order valence-electron chi connectivity index (χ1n) is 6.19. The van der Waals surface area contributed by atoms with Gasteiger partial charge in [-0.25, -0.2) is 4.39 Å². The molecule has 0 spiro atoms. The van der Waals surface area contributed by atoms with Crippen molar-refractivity contribution in [2.24, 2.45) is 0 Å². The van der Waals surface area contributed by atoms with Gasteiger partial charge in [0.1, 0.15) is 6.17 Å². The summed E-state index contributed by atoms with van der Waals surface area (Å²) in [6.07, 6.45) is -0.633. The van der Waals surface area contributed by atoms with Crippen LogP contribution >= 0.6 is 0 Å². The van der Waals surface area contributed by atoms with E-state index >= 15 is 0 Å². The van der Waals surface area contributed by atoms with Crippen LogP contribution in [0.25, 0.3) is 0 Å². The van der Waals surface area contributed by atoms with Crippen LogP contribution < -0.4 is 0 Å². The molecule has 2 heterocycles. The van der Waals surface area contributed by atoms with Gasteiger partial charge in [0.15, 0.2) is 0 Å². The van der Waals surface area contributed by atoms with Gasteiger partial charge in [-0.15, -0.1) is 0 Å². The third-order valence-electron chi connectivity index (χ3n) is 3.14. The van der Waals surface area contributed by atoms with Crippen molar-refractivity contribution < 1.29 is 4.39 Å². The van der Waals surface area contributed by atoms with E-state index in [0.717, 1.165) is 17.9 Å². The summed E-state index contributed by atoms with van der Waals surface area (Å²) in [5.74, 6) is 0. The van der Waals surface area contributed by atoms with Crippen molar-refractivity contribution in [1.82, 2.24) is 9.88 Å². The Morgan fingerprint density at radius 3 is 2.53 bits per heavy atom. The lowest BCUT2D eigenvalue weighted by Crippen LogP contribution is -2.47. The van der Waals surface area contributed by atoms with E-state index in [4.69, 9.17) is 0 Å². The highest BCUT2D eigenvalue weighted by Gasteiger charge is 2.28. The Balaban J connectivity index is 2.21. The molecule has 1 aromatic heterocycles. The van der Waals surface area contributed by atoms with Crippen molar-refractivity contribution in [1.29, 1.82) is 0 Å². The van der Waals surface area contributed by atoms with E-state index in [2.05, 4.69) is 36.7 Å². The predicted octanol–water partition coefficient (Wildman–Crippen LogP) is 2.84. The van der Waals surface area contributed by atoms with Gasteiger partial charge in [0.2, 0.25) is 0 Å². The second kappa shape index (κ2) is 4.37. The lowest BCUT2D eigenvalue weighted by Gasteiger charge is -2.35. The van der Waals surface area contributed by atoms with E-state index in [0.29, 0.717) is 13.1 Å². The number of aryl methyl sites for hydroxylation is 1. The standard InChI is InChI=1S/C14H21FN2/c1-10-5-6-11(7-17-8-12(15)9-17)13(16-10)14(2,3)4/h5-6,12H,7-9H2,1-4H3. The summed E-state index contributed by atoms with van der Waals surface area (Å²) >= 11 is 0. The summed E-state index contributed by atoms with van der Waals surface area (Å²) < 4.78 is 12.8. The van der Waals surface area contributed by atoms with Crippen LogP contribution in [0.3, 0.4) is 0 Å². The molecular formula is C14H21FN2. The largest absolute Gasteiger partial charge is 0.293 e. The molecule has 3 heteroatoms. The van der Waals surface area contributed by atoms with Crippen LogP contribution in [0.15, 0.2) is 12.1 Å². The first-order valence-corrected chi connectivity index (χ1v) is 6.19. The zero-order valence-electron chi connectivity index (χ0n) is 11.1. The minimum Gasteiger partial charge on any atom is -0.293 e. The minimum absolute atomic E-state index is 0.0430. The van der Waals surface area contributed by atoms with Crippen molar-refractivity contribution >= 4 is 0 Å². The molecule has 1 aliphatic rings. The second-order valence-corrected chi connectivity index (χ2v) is 6.00. The third-order valence-corrected chi connectivity index (χ3v) is 3.14. The molecule has 0 radical (unpaired) electrons. The first-order chi connectivity index (χ1) is 7.86. The molecule has 0 aromatic carbocycles. The highest BCUT2D eigenvalue weighted by Crippen LogP contribution is 2.26. The molecule has 1 fully saturated rings. The first kappa shape index (κ1) is 12.5. The van der Waals surface area contributed by atoms with E-state index in [1.165, 1.54) is 5.56 Å². The molecule has 0 unspecified atom stereocenters. The van der Waals surface area contributed by atoms with Gasteiger partial charge >= 0.3 is 0 Å². The van der Waals surface area contributed by atoms with Crippen LogP contribution in [-0.4, -0.2) is 29.1 Å². The van der Waals surface area contributed by atoms with E-state index in [-0.39, 0.29) is 5.41 Å². The molecule has 0 saturated carbocycles. The quantitative estimate of drug-likeness (QED) is 0.785. The summed E-state index contributed by atoms with van der Waals surface area (Å²) in [6, 6.07) is 4.17. The molecule has 0 bridgehead atoms. The molecule has 1 saturated heterocycles. The maximum absolute atomic E-state index is 12.8. The fourth-order valence-electron chi connectivity index (χ4n) is 2.24. The number of rotatable bonds is 2. The minimum atomic E-state index is -0.633. The molecule has 2 rings (SSSR count). The maximum Gasteiger partial charge on any atom is 0.125 e. The summed E-state index contributed by atoms with van der Waals surface area (Å²) in [4.78, 5) is 6.79. The Hall–Kier alpha value is -0.960. The zero-order chi connectivity index (χ0) is 12.6. The summed E-state index contributed by atoms with van der Waals surface area (Å²) in [7, 11) is 0. The summed E-state index contributed by atoms with van der Waals surface area (Å²) in [5.41, 5.74) is 3.46. The van der Waals surface area contributed by atoms with Gasteiger partial charge in [-0.1, -0.05) is 26.8 Å². The molecule has 0 N–H and O–H groups in total. The lowest BCUT2D eigenvalue weighted by molar-refractivity contribution is 0.0585. The Kier molecular flexibility index (Phi) is 3.21. The highest BCUT2D eigenvalue weighted by molar-refractivity contribution is 5.28. The van der Waals surface area contributed by atoms with Gasteiger partial charge in [-0.3, -0.25) is 9.88 Å². The van der Waals surface area contributed by atoms with Gasteiger partial charge in [0.05, 0.1) is 5.69 Å². The Bertz CT molecular complexity index is 403. The molecule has 1 aliphatic heterocycles. The normalized spacial score (nSPS) is 18.2. The van der Waals surface area contributed by atoms with E-state index in [9.17, 15) is 4.39 Å². The van der Waals surface area contributed by atoms with Crippen molar-refractivity contribution in [3.63, 3.8) is 0 Å². The van der Waals surface area contributed by atoms with Crippen LogP contribution in [0.1, 0.15) is 37.7 Å². The number of aromatic nitrogens is 1. The number of hydrogen-bond acceptors (Lipinski definition) is 2. The Morgan fingerprint density at radius 1 is 1.35 bits per heavy atom. The van der Waals surface area contributed by atoms with Gasteiger partial charge in [0.25, 0.3) is 0 Å². The van der Waals surface area contributed by atoms with E-state index in [1.807, 2.05) is 13.0 Å². The average molecular weight is 236 g/mol. The number of pyridine rings is 1. The van der Waals surface area contributed by atoms with Crippen LogP contribution in [0.5, 0.6) is 0 Å². The SMILES string of the molecule is Cc1ccc(CN2CC(F)C2)c(C(C)(C)C)n1. The number of hydrogen-bond donors (Lipinski definition) is 0. The van der Waals surface area contributed by atoms with Crippen LogP contribution in [-0.2, 0) is 12.0 Å². The van der Waals surface area contributed by atoms with Crippen LogP contribution in [0.4, 0.5) is 4.39 Å². The summed E-state index contributed by atoms with van der Waals surface area (Å²) in [5, 5.41) is 0. The van der Waals surface area contributed by atoms with Crippen molar-refractivity contribution in [3.05, 3.63) is 29.1 Å². The molecule has 0 aliphatic carbocycles. The molecule has 2 nitrogen and oxygen atoms in total. The van der Waals surface area contributed by atoms with Crippen LogP contribution in [0, 0.1) is 6.92 Å². The molecule has 0 atom stereocenters. The molecule has 1 aromatic rings. The highest BCUT2D eigenvalue weighted by atomic mass is 19.1. The topological polar surface area (TPSA) is 16.1 Å². The molecule has 94 valence electrons. The molecule has 0 amide bonds. The monoisotopic (exact) mass is 236 g/mol. The fourth-order valence-corrected chi connectivity index (χ4v) is 2.24. The van der Waals surface area contributed by atoms with Crippen molar-refractivity contribution in [2.45, 2.75) is 45.8 Å². The van der Waals surface area contributed by atoms with Crippen molar-refractivity contribution in [2.75, 3.05) is 13.1 Å². The predicted molar refractivity (Wildman–Crippen MR) is 67.8 cm³/mol. The molecule has 17 heavy (non-hydrogen) atoms. The van der Waals surface area contributed by atoms with Gasteiger partial charge in [-0.05, 0) is 18.6 Å². The average Bonchev–Trinajstić information content (AvgIpc) is 2.16. The van der Waals surface area contributed by atoms with Gasteiger partial charge in [-0.2, -0.15) is 0 Å². The fraction of sp³-hybridized carbons (Fsp3) is 0.643. The summed E-state index contributed by atoms with van der Waals surface area (Å²) in [6.45, 7) is 10.5. The molecular weight excluding hydrogens is 215 g/mol. The Labute approximate surface area is 103 Å². The zero-order valence-corrected chi connectivity index (χ0v) is 11.1. The third kappa shape index (κ3) is 2.83. The van der Waals surface area contributed by atoms with Gasteiger partial charge < -0.3 is 0 Å². The Morgan fingerprint density at radius 2 is 2.00 bits per heavy atom. The van der Waals surface area contributed by atoms with Crippen LogP contribution in [0.2, 0.25) is 0 Å². The van der Waals surface area contributed by atoms with E-state index in [1.54, 1.807) is 0 Å². The maximum atomic E-state index is 12.8. The lowest BCUT2D eigenvalue weighted by atomic mass is 9.87. The number of likely N-dealkylation sites (tertiary alicyclic amines) is 1. The number of halogens is 1. The smallest absolute Gasteiger partial charge is 0.125 e.